The van der Waals surface area contributed by atoms with E-state index in [0.717, 1.165) is 11.1 Å². The molecular formula is C23H34N2O2. The van der Waals surface area contributed by atoms with E-state index >= 15 is 0 Å². The first-order chi connectivity index (χ1) is 13.1. The van der Waals surface area contributed by atoms with Crippen LogP contribution in [0.3, 0.4) is 0 Å². The van der Waals surface area contributed by atoms with Gasteiger partial charge in [-0.25, -0.2) is 4.79 Å². The van der Waals surface area contributed by atoms with Crippen molar-refractivity contribution in [2.24, 2.45) is 4.99 Å². The smallest absolute Gasteiger partial charge is 0.333 e. The van der Waals surface area contributed by atoms with Crippen LogP contribution in [-0.2, 0) is 9.53 Å². The van der Waals surface area contributed by atoms with Gasteiger partial charge in [-0.1, -0.05) is 74.6 Å². The van der Waals surface area contributed by atoms with E-state index in [0.29, 0.717) is 13.2 Å². The number of ether oxygens (including phenoxy) is 1. The van der Waals surface area contributed by atoms with Crippen molar-refractivity contribution in [3.8, 4) is 0 Å². The molecule has 2 rings (SSSR count). The lowest BCUT2D eigenvalue weighted by Crippen LogP contribution is -2.34. The van der Waals surface area contributed by atoms with Gasteiger partial charge < -0.3 is 9.64 Å². The summed E-state index contributed by atoms with van der Waals surface area (Å²) in [5, 5.41) is 0. The minimum atomic E-state index is -0.515. The Labute approximate surface area is 165 Å². The summed E-state index contributed by atoms with van der Waals surface area (Å²) in [7, 11) is 0. The van der Waals surface area contributed by atoms with Gasteiger partial charge in [0.05, 0.1) is 19.0 Å². The van der Waals surface area contributed by atoms with Crippen LogP contribution < -0.4 is 0 Å². The number of hydrogen-bond acceptors (Lipinski definition) is 4. The molecule has 0 saturated carbocycles. The fraction of sp³-hybridized carbons (Fsp3) is 0.391. The molecule has 4 nitrogen and oxygen atoms in total. The Morgan fingerprint density at radius 2 is 1.85 bits per heavy atom. The lowest BCUT2D eigenvalue weighted by atomic mass is 9.99. The molecule has 0 spiro atoms. The molecule has 1 aromatic carbocycles. The van der Waals surface area contributed by atoms with E-state index in [1.807, 2.05) is 71.0 Å². The molecule has 4 heteroatoms. The molecule has 0 bridgehead atoms. The number of hydrogen-bond donors (Lipinski definition) is 0. The topological polar surface area (TPSA) is 41.9 Å². The van der Waals surface area contributed by atoms with Crippen molar-refractivity contribution in [3.05, 3.63) is 72.9 Å². The summed E-state index contributed by atoms with van der Waals surface area (Å²) < 4.78 is 5.17. The van der Waals surface area contributed by atoms with Crippen molar-refractivity contribution in [3.63, 3.8) is 0 Å². The molecule has 1 aromatic rings. The van der Waals surface area contributed by atoms with Crippen LogP contribution in [-0.4, -0.2) is 36.4 Å². The van der Waals surface area contributed by atoms with Gasteiger partial charge >= 0.3 is 5.97 Å². The molecular weight excluding hydrogens is 336 g/mol. The minimum Gasteiger partial charge on any atom is -0.464 e. The second kappa shape index (κ2) is 14.5. The summed E-state index contributed by atoms with van der Waals surface area (Å²) in [6.45, 7) is 17.9. The summed E-state index contributed by atoms with van der Waals surface area (Å²) in [6.07, 6.45) is 7.23. The minimum absolute atomic E-state index is 0.131. The fourth-order valence-corrected chi connectivity index (χ4v) is 2.61. The Kier molecular flexibility index (Phi) is 13.1. The zero-order chi connectivity index (χ0) is 20.7. The van der Waals surface area contributed by atoms with Gasteiger partial charge in [0.25, 0.3) is 0 Å². The lowest BCUT2D eigenvalue weighted by Gasteiger charge is -2.28. The van der Waals surface area contributed by atoms with Crippen LogP contribution in [0.25, 0.3) is 0 Å². The van der Waals surface area contributed by atoms with Crippen molar-refractivity contribution in [1.29, 1.82) is 0 Å². The number of esters is 1. The highest BCUT2D eigenvalue weighted by molar-refractivity contribution is 5.82. The monoisotopic (exact) mass is 370 g/mol. The largest absolute Gasteiger partial charge is 0.464 e. The van der Waals surface area contributed by atoms with E-state index in [9.17, 15) is 4.79 Å². The molecule has 0 fully saturated rings. The molecule has 1 heterocycles. The summed E-state index contributed by atoms with van der Waals surface area (Å²) >= 11 is 0. The fourth-order valence-electron chi connectivity index (χ4n) is 2.61. The maximum absolute atomic E-state index is 12.2. The Morgan fingerprint density at radius 3 is 2.37 bits per heavy atom. The normalized spacial score (nSPS) is 17.8. The molecule has 1 aliphatic rings. The predicted molar refractivity (Wildman–Crippen MR) is 116 cm³/mol. The Morgan fingerprint density at radius 1 is 1.26 bits per heavy atom. The van der Waals surface area contributed by atoms with E-state index in [-0.39, 0.29) is 12.0 Å². The van der Waals surface area contributed by atoms with Crippen LogP contribution in [0.1, 0.15) is 46.2 Å². The van der Waals surface area contributed by atoms with Crippen molar-refractivity contribution in [2.45, 2.75) is 46.7 Å². The average Bonchev–Trinajstić information content (AvgIpc) is 3.08. The first-order valence-corrected chi connectivity index (χ1v) is 9.44. The maximum Gasteiger partial charge on any atom is 0.333 e. The molecule has 0 N–H and O–H groups in total. The zero-order valence-electron chi connectivity index (χ0n) is 17.4. The standard InChI is InChI=1S/C18H22N2O2.C3H6.C2H6/c1-4-9-14(3)12-20-13-19-16(18(21)22-5-2)17(20)15-10-7-6-8-11-15;1-3-2;1-2/h4,6-11,13,16-17H,1,5,12H2,2-3H3;3H,1H2,2H3;1-2H3/b14-9+;;. The van der Waals surface area contributed by atoms with Gasteiger partial charge in [-0.05, 0) is 26.3 Å². The van der Waals surface area contributed by atoms with Crippen LogP contribution in [0.4, 0.5) is 0 Å². The van der Waals surface area contributed by atoms with Gasteiger partial charge in [0.1, 0.15) is 0 Å². The van der Waals surface area contributed by atoms with Gasteiger partial charge in [0.2, 0.25) is 0 Å². The molecule has 2 atom stereocenters. The summed E-state index contributed by atoms with van der Waals surface area (Å²) in [6, 6.07) is 9.30. The number of rotatable bonds is 6. The number of carbonyl (C=O) groups excluding carboxylic acids is 1. The Balaban J connectivity index is 0.00000123. The van der Waals surface area contributed by atoms with E-state index in [4.69, 9.17) is 4.74 Å². The van der Waals surface area contributed by atoms with Crippen molar-refractivity contribution in [2.75, 3.05) is 13.2 Å². The molecule has 2 unspecified atom stereocenters. The first kappa shape index (κ1) is 24.4. The quantitative estimate of drug-likeness (QED) is 0.385. The number of aliphatic imine (C=N–C) groups is 1. The molecule has 0 amide bonds. The first-order valence-electron chi connectivity index (χ1n) is 9.44. The SMILES string of the molecule is C=C/C=C(\C)CN1C=NC(C(=O)OCC)C1c1ccccc1.C=CC.CC. The number of benzene rings is 1. The molecule has 0 radical (unpaired) electrons. The zero-order valence-corrected chi connectivity index (χ0v) is 17.4. The Bertz CT molecular complexity index is 621. The highest BCUT2D eigenvalue weighted by atomic mass is 16.5. The second-order valence-electron chi connectivity index (χ2n) is 5.65. The lowest BCUT2D eigenvalue weighted by molar-refractivity contribution is -0.145. The van der Waals surface area contributed by atoms with E-state index in [1.54, 1.807) is 18.5 Å². The maximum atomic E-state index is 12.2. The van der Waals surface area contributed by atoms with E-state index in [1.165, 1.54) is 0 Å². The highest BCUT2D eigenvalue weighted by Crippen LogP contribution is 2.31. The number of nitrogens with zero attached hydrogens (tertiary/aromatic N) is 2. The average molecular weight is 371 g/mol. The third-order valence-corrected chi connectivity index (χ3v) is 3.54. The van der Waals surface area contributed by atoms with Gasteiger partial charge in [0, 0.05) is 6.54 Å². The summed E-state index contributed by atoms with van der Waals surface area (Å²) in [5.41, 5.74) is 2.22. The molecule has 148 valence electrons. The molecule has 0 aliphatic carbocycles. The Hall–Kier alpha value is -2.62. The highest BCUT2D eigenvalue weighted by Gasteiger charge is 2.37. The second-order valence-corrected chi connectivity index (χ2v) is 5.65. The third-order valence-electron chi connectivity index (χ3n) is 3.54. The predicted octanol–water partition coefficient (Wildman–Crippen LogP) is 5.35. The van der Waals surface area contributed by atoms with Crippen LogP contribution in [0.15, 0.2) is 72.3 Å². The molecule has 27 heavy (non-hydrogen) atoms. The number of carbonyl (C=O) groups is 1. The van der Waals surface area contributed by atoms with Crippen molar-refractivity contribution >= 4 is 12.3 Å². The van der Waals surface area contributed by atoms with Gasteiger partial charge in [-0.3, -0.25) is 4.99 Å². The molecule has 1 aliphatic heterocycles. The van der Waals surface area contributed by atoms with Gasteiger partial charge in [-0.15, -0.1) is 6.58 Å². The number of allylic oxidation sites excluding steroid dienone is 3. The van der Waals surface area contributed by atoms with Crippen molar-refractivity contribution in [1.82, 2.24) is 4.90 Å². The van der Waals surface area contributed by atoms with Crippen LogP contribution in [0, 0.1) is 0 Å². The van der Waals surface area contributed by atoms with E-state index in [2.05, 4.69) is 23.1 Å². The van der Waals surface area contributed by atoms with Crippen LogP contribution >= 0.6 is 0 Å². The van der Waals surface area contributed by atoms with Crippen LogP contribution in [0.5, 0.6) is 0 Å². The van der Waals surface area contributed by atoms with Gasteiger partial charge in [-0.2, -0.15) is 0 Å². The van der Waals surface area contributed by atoms with E-state index < -0.39 is 6.04 Å². The summed E-state index contributed by atoms with van der Waals surface area (Å²) in [5.74, 6) is -0.277. The van der Waals surface area contributed by atoms with Gasteiger partial charge in [0.15, 0.2) is 6.04 Å². The third kappa shape index (κ3) is 8.07. The summed E-state index contributed by atoms with van der Waals surface area (Å²) in [4.78, 5) is 18.6. The molecule has 0 aromatic heterocycles. The molecule has 0 saturated heterocycles. The van der Waals surface area contributed by atoms with Crippen LogP contribution in [0.2, 0.25) is 0 Å². The van der Waals surface area contributed by atoms with Crippen molar-refractivity contribution < 1.29 is 9.53 Å².